The molecule has 2 nitrogen and oxygen atoms in total. The Hall–Kier alpha value is -1.28. The summed E-state index contributed by atoms with van der Waals surface area (Å²) in [5.41, 5.74) is 2.48. The van der Waals surface area contributed by atoms with Crippen LogP contribution in [0.4, 0.5) is 0 Å². The van der Waals surface area contributed by atoms with Gasteiger partial charge in [-0.15, -0.1) is 0 Å². The summed E-state index contributed by atoms with van der Waals surface area (Å²) in [6.45, 7) is 5.67. The summed E-state index contributed by atoms with van der Waals surface area (Å²) in [6.07, 6.45) is 4.57. The van der Waals surface area contributed by atoms with Crippen molar-refractivity contribution in [3.63, 3.8) is 0 Å². The Morgan fingerprint density at radius 2 is 1.94 bits per heavy atom. The topological polar surface area (TPSA) is 18.5 Å². The second-order valence-electron chi connectivity index (χ2n) is 4.18. The number of ether oxygens (including phenoxy) is 2. The van der Waals surface area contributed by atoms with Crippen molar-refractivity contribution in [1.82, 2.24) is 0 Å². The summed E-state index contributed by atoms with van der Waals surface area (Å²) < 4.78 is 10.7. The van der Waals surface area contributed by atoms with Crippen molar-refractivity contribution >= 4 is 0 Å². The van der Waals surface area contributed by atoms with Gasteiger partial charge < -0.3 is 9.47 Å². The van der Waals surface area contributed by atoms with E-state index in [0.29, 0.717) is 13.2 Å². The van der Waals surface area contributed by atoms with E-state index in [-0.39, 0.29) is 0 Å². The number of hydrogen-bond donors (Lipinski definition) is 0. The Balaban J connectivity index is 2.30. The van der Waals surface area contributed by atoms with Crippen molar-refractivity contribution < 1.29 is 9.47 Å². The van der Waals surface area contributed by atoms with Crippen LogP contribution in [0, 0.1) is 0 Å². The lowest BCUT2D eigenvalue weighted by molar-refractivity contribution is 0.142. The van der Waals surface area contributed by atoms with Crippen molar-refractivity contribution in [2.24, 2.45) is 0 Å². The molecule has 0 saturated carbocycles. The summed E-state index contributed by atoms with van der Waals surface area (Å²) in [7, 11) is 1.67. The molecule has 0 aliphatic carbocycles. The Morgan fingerprint density at radius 3 is 2.53 bits per heavy atom. The molecular formula is C15H22O2. The van der Waals surface area contributed by atoms with Gasteiger partial charge in [-0.05, 0) is 31.0 Å². The van der Waals surface area contributed by atoms with Gasteiger partial charge in [0.05, 0.1) is 20.3 Å². The van der Waals surface area contributed by atoms with Crippen LogP contribution in [0.2, 0.25) is 0 Å². The molecular weight excluding hydrogens is 212 g/mol. The summed E-state index contributed by atoms with van der Waals surface area (Å²) in [4.78, 5) is 0. The van der Waals surface area contributed by atoms with E-state index in [1.54, 1.807) is 7.11 Å². The fourth-order valence-corrected chi connectivity index (χ4v) is 1.50. The smallest absolute Gasteiger partial charge is 0.118 e. The third-order valence-corrected chi connectivity index (χ3v) is 2.54. The van der Waals surface area contributed by atoms with E-state index in [4.69, 9.17) is 9.47 Å². The molecule has 0 saturated heterocycles. The predicted molar refractivity (Wildman–Crippen MR) is 71.3 cm³/mol. The average molecular weight is 234 g/mol. The molecule has 0 spiro atoms. The highest BCUT2D eigenvalue weighted by molar-refractivity contribution is 5.26. The van der Waals surface area contributed by atoms with Crippen molar-refractivity contribution in [1.29, 1.82) is 0 Å². The van der Waals surface area contributed by atoms with Gasteiger partial charge in [0.2, 0.25) is 0 Å². The lowest BCUT2D eigenvalue weighted by atomic mass is 10.2. The standard InChI is InChI=1S/C15H22O2/c1-4-5-6-13(2)11-17-12-14-7-9-15(16-3)10-8-14/h6-10H,4-5,11-12H2,1-3H3/b13-6+. The SMILES string of the molecule is CCC/C=C(\C)COCc1ccc(OC)cc1. The van der Waals surface area contributed by atoms with E-state index < -0.39 is 0 Å². The highest BCUT2D eigenvalue weighted by atomic mass is 16.5. The van der Waals surface area contributed by atoms with Crippen molar-refractivity contribution in [2.75, 3.05) is 13.7 Å². The fraction of sp³-hybridized carbons (Fsp3) is 0.467. The molecule has 94 valence electrons. The van der Waals surface area contributed by atoms with Crippen LogP contribution >= 0.6 is 0 Å². The van der Waals surface area contributed by atoms with E-state index >= 15 is 0 Å². The number of benzene rings is 1. The minimum Gasteiger partial charge on any atom is -0.497 e. The summed E-state index contributed by atoms with van der Waals surface area (Å²) in [6, 6.07) is 7.98. The lowest BCUT2D eigenvalue weighted by Crippen LogP contribution is -1.96. The van der Waals surface area contributed by atoms with Gasteiger partial charge in [-0.25, -0.2) is 0 Å². The fourth-order valence-electron chi connectivity index (χ4n) is 1.50. The van der Waals surface area contributed by atoms with Crippen LogP contribution in [0.5, 0.6) is 5.75 Å². The highest BCUT2D eigenvalue weighted by Crippen LogP contribution is 2.12. The van der Waals surface area contributed by atoms with Crippen molar-refractivity contribution in [3.8, 4) is 5.75 Å². The van der Waals surface area contributed by atoms with Gasteiger partial charge in [-0.1, -0.05) is 37.1 Å². The number of allylic oxidation sites excluding steroid dienone is 1. The summed E-state index contributed by atoms with van der Waals surface area (Å²) in [5, 5.41) is 0. The van der Waals surface area contributed by atoms with Crippen LogP contribution < -0.4 is 4.74 Å². The quantitative estimate of drug-likeness (QED) is 0.665. The second kappa shape index (κ2) is 7.91. The van der Waals surface area contributed by atoms with Gasteiger partial charge in [-0.2, -0.15) is 0 Å². The van der Waals surface area contributed by atoms with E-state index in [1.807, 2.05) is 24.3 Å². The van der Waals surface area contributed by atoms with Gasteiger partial charge in [0.25, 0.3) is 0 Å². The highest BCUT2D eigenvalue weighted by Gasteiger charge is 1.95. The normalized spacial score (nSPS) is 11.6. The predicted octanol–water partition coefficient (Wildman–Crippen LogP) is 3.96. The van der Waals surface area contributed by atoms with E-state index in [9.17, 15) is 0 Å². The average Bonchev–Trinajstić information content (AvgIpc) is 2.37. The van der Waals surface area contributed by atoms with Crippen LogP contribution in [-0.4, -0.2) is 13.7 Å². The zero-order valence-electron chi connectivity index (χ0n) is 11.0. The molecule has 1 aromatic rings. The Labute approximate surface area is 104 Å². The first kappa shape index (κ1) is 13.8. The molecule has 17 heavy (non-hydrogen) atoms. The van der Waals surface area contributed by atoms with Crippen LogP contribution in [0.15, 0.2) is 35.9 Å². The first-order chi connectivity index (χ1) is 8.26. The molecule has 0 atom stereocenters. The largest absolute Gasteiger partial charge is 0.497 e. The third kappa shape index (κ3) is 5.55. The second-order valence-corrected chi connectivity index (χ2v) is 4.18. The number of unbranched alkanes of at least 4 members (excludes halogenated alkanes) is 1. The summed E-state index contributed by atoms with van der Waals surface area (Å²) >= 11 is 0. The maximum Gasteiger partial charge on any atom is 0.118 e. The van der Waals surface area contributed by atoms with Gasteiger partial charge in [0.1, 0.15) is 5.75 Å². The monoisotopic (exact) mass is 234 g/mol. The molecule has 0 N–H and O–H groups in total. The Morgan fingerprint density at radius 1 is 1.24 bits per heavy atom. The molecule has 0 aliphatic rings. The minimum absolute atomic E-state index is 0.654. The maximum absolute atomic E-state index is 5.64. The molecule has 0 radical (unpaired) electrons. The van der Waals surface area contributed by atoms with Crippen molar-refractivity contribution in [3.05, 3.63) is 41.5 Å². The molecule has 0 bridgehead atoms. The van der Waals surface area contributed by atoms with E-state index in [2.05, 4.69) is 19.9 Å². The Bertz CT molecular complexity index is 338. The first-order valence-corrected chi connectivity index (χ1v) is 6.12. The van der Waals surface area contributed by atoms with Crippen LogP contribution in [0.1, 0.15) is 32.3 Å². The minimum atomic E-state index is 0.654. The zero-order chi connectivity index (χ0) is 12.5. The summed E-state index contributed by atoms with van der Waals surface area (Å²) in [5.74, 6) is 0.882. The zero-order valence-corrected chi connectivity index (χ0v) is 11.0. The van der Waals surface area contributed by atoms with Crippen LogP contribution in [0.3, 0.4) is 0 Å². The molecule has 1 rings (SSSR count). The van der Waals surface area contributed by atoms with Crippen LogP contribution in [0.25, 0.3) is 0 Å². The number of methoxy groups -OCH3 is 1. The lowest BCUT2D eigenvalue weighted by Gasteiger charge is -2.06. The maximum atomic E-state index is 5.64. The molecule has 0 fully saturated rings. The molecule has 0 heterocycles. The Kier molecular flexibility index (Phi) is 6.41. The first-order valence-electron chi connectivity index (χ1n) is 6.12. The van der Waals surface area contributed by atoms with Gasteiger partial charge in [0.15, 0.2) is 0 Å². The van der Waals surface area contributed by atoms with E-state index in [0.717, 1.165) is 12.2 Å². The number of hydrogen-bond acceptors (Lipinski definition) is 2. The number of rotatable bonds is 7. The van der Waals surface area contributed by atoms with Gasteiger partial charge in [0, 0.05) is 0 Å². The molecule has 0 unspecified atom stereocenters. The van der Waals surface area contributed by atoms with Gasteiger partial charge in [-0.3, -0.25) is 0 Å². The molecule has 1 aromatic carbocycles. The molecule has 2 heteroatoms. The van der Waals surface area contributed by atoms with E-state index in [1.165, 1.54) is 17.6 Å². The van der Waals surface area contributed by atoms with Crippen molar-refractivity contribution in [2.45, 2.75) is 33.3 Å². The van der Waals surface area contributed by atoms with Gasteiger partial charge >= 0.3 is 0 Å². The molecule has 0 aliphatic heterocycles. The molecule has 0 amide bonds. The van der Waals surface area contributed by atoms with Crippen LogP contribution in [-0.2, 0) is 11.3 Å². The molecule has 0 aromatic heterocycles. The third-order valence-electron chi connectivity index (χ3n) is 2.54.